The van der Waals surface area contributed by atoms with Gasteiger partial charge in [0.2, 0.25) is 10.0 Å². The molecule has 0 fully saturated rings. The molecular formula is C21H29N5O2S. The van der Waals surface area contributed by atoms with Gasteiger partial charge in [-0.1, -0.05) is 13.0 Å². The fourth-order valence-corrected chi connectivity index (χ4v) is 4.22. The highest BCUT2D eigenvalue weighted by molar-refractivity contribution is 7.89. The van der Waals surface area contributed by atoms with Gasteiger partial charge in [0.1, 0.15) is 5.82 Å². The van der Waals surface area contributed by atoms with Crippen molar-refractivity contribution >= 4 is 21.1 Å². The van der Waals surface area contributed by atoms with E-state index in [0.717, 1.165) is 48.5 Å². The van der Waals surface area contributed by atoms with E-state index in [4.69, 9.17) is 4.98 Å². The van der Waals surface area contributed by atoms with Gasteiger partial charge < -0.3 is 4.57 Å². The zero-order valence-corrected chi connectivity index (χ0v) is 18.4. The molecule has 0 N–H and O–H groups in total. The summed E-state index contributed by atoms with van der Waals surface area (Å²) in [5.41, 5.74) is 2.76. The Kier molecular flexibility index (Phi) is 6.66. The van der Waals surface area contributed by atoms with Crippen LogP contribution in [0.25, 0.3) is 11.0 Å². The molecule has 0 amide bonds. The SMILES string of the molecule is CCCn1c(CN(C)CCc2ccccn2)nc2cc(S(=O)(=O)N(C)C)ccc21. The predicted molar refractivity (Wildman–Crippen MR) is 115 cm³/mol. The summed E-state index contributed by atoms with van der Waals surface area (Å²) in [7, 11) is 1.67. The van der Waals surface area contributed by atoms with Crippen molar-refractivity contribution in [2.75, 3.05) is 27.7 Å². The van der Waals surface area contributed by atoms with Gasteiger partial charge in [-0.25, -0.2) is 17.7 Å². The van der Waals surface area contributed by atoms with Gasteiger partial charge in [0.15, 0.2) is 0 Å². The Morgan fingerprint density at radius 2 is 1.90 bits per heavy atom. The highest BCUT2D eigenvalue weighted by atomic mass is 32.2. The lowest BCUT2D eigenvalue weighted by atomic mass is 10.2. The molecule has 2 heterocycles. The molecule has 7 nitrogen and oxygen atoms in total. The van der Waals surface area contributed by atoms with Crippen molar-refractivity contribution in [3.8, 4) is 0 Å². The highest BCUT2D eigenvalue weighted by Crippen LogP contribution is 2.23. The summed E-state index contributed by atoms with van der Waals surface area (Å²) < 4.78 is 28.4. The first-order valence-corrected chi connectivity index (χ1v) is 11.3. The maximum atomic E-state index is 12.5. The van der Waals surface area contributed by atoms with Gasteiger partial charge >= 0.3 is 0 Å². The van der Waals surface area contributed by atoms with E-state index in [0.29, 0.717) is 6.54 Å². The minimum atomic E-state index is -3.48. The largest absolute Gasteiger partial charge is 0.327 e. The van der Waals surface area contributed by atoms with Crippen LogP contribution in [-0.4, -0.2) is 59.8 Å². The minimum absolute atomic E-state index is 0.270. The second-order valence-electron chi connectivity index (χ2n) is 7.43. The Balaban J connectivity index is 1.85. The zero-order valence-electron chi connectivity index (χ0n) is 17.5. The first-order valence-electron chi connectivity index (χ1n) is 9.83. The second-order valence-corrected chi connectivity index (χ2v) is 9.58. The van der Waals surface area contributed by atoms with Crippen LogP contribution in [0.4, 0.5) is 0 Å². The number of sulfonamides is 1. The van der Waals surface area contributed by atoms with Gasteiger partial charge in [0.05, 0.1) is 22.5 Å². The van der Waals surface area contributed by atoms with E-state index >= 15 is 0 Å². The van der Waals surface area contributed by atoms with Crippen LogP contribution >= 0.6 is 0 Å². The Bertz CT molecular complexity index is 1060. The third-order valence-corrected chi connectivity index (χ3v) is 6.72. The second kappa shape index (κ2) is 9.02. The van der Waals surface area contributed by atoms with Gasteiger partial charge in [0.25, 0.3) is 0 Å². The van der Waals surface area contributed by atoms with Gasteiger partial charge in [0, 0.05) is 45.5 Å². The summed E-state index contributed by atoms with van der Waals surface area (Å²) in [4.78, 5) is 11.7. The van der Waals surface area contributed by atoms with Gasteiger partial charge in [-0.15, -0.1) is 0 Å². The maximum absolute atomic E-state index is 12.5. The van der Waals surface area contributed by atoms with Crippen LogP contribution in [0, 0.1) is 0 Å². The normalized spacial score (nSPS) is 12.3. The average Bonchev–Trinajstić information content (AvgIpc) is 3.03. The summed E-state index contributed by atoms with van der Waals surface area (Å²) in [6, 6.07) is 11.2. The monoisotopic (exact) mass is 415 g/mol. The lowest BCUT2D eigenvalue weighted by Crippen LogP contribution is -2.23. The highest BCUT2D eigenvalue weighted by Gasteiger charge is 2.20. The predicted octanol–water partition coefficient (Wildman–Crippen LogP) is 2.77. The molecular weight excluding hydrogens is 386 g/mol. The fraction of sp³-hybridized carbons (Fsp3) is 0.429. The molecule has 8 heteroatoms. The number of hydrogen-bond donors (Lipinski definition) is 0. The topological polar surface area (TPSA) is 71.3 Å². The molecule has 156 valence electrons. The van der Waals surface area contributed by atoms with Crippen LogP contribution in [0.3, 0.4) is 0 Å². The molecule has 3 aromatic rings. The summed E-state index contributed by atoms with van der Waals surface area (Å²) >= 11 is 0. The third-order valence-electron chi connectivity index (χ3n) is 4.91. The minimum Gasteiger partial charge on any atom is -0.327 e. The number of nitrogens with zero attached hydrogens (tertiary/aromatic N) is 5. The van der Waals surface area contributed by atoms with Crippen molar-refractivity contribution in [2.24, 2.45) is 0 Å². The summed E-state index contributed by atoms with van der Waals surface area (Å²) in [6.07, 6.45) is 3.67. The third kappa shape index (κ3) is 4.83. The first kappa shape index (κ1) is 21.4. The Morgan fingerprint density at radius 3 is 2.55 bits per heavy atom. The van der Waals surface area contributed by atoms with E-state index in [9.17, 15) is 8.42 Å². The molecule has 0 spiro atoms. The number of rotatable bonds is 9. The molecule has 0 saturated carbocycles. The molecule has 0 aliphatic rings. The Hall–Kier alpha value is -2.29. The lowest BCUT2D eigenvalue weighted by Gasteiger charge is -2.17. The molecule has 0 bridgehead atoms. The first-order chi connectivity index (χ1) is 13.8. The van der Waals surface area contributed by atoms with Crippen LogP contribution in [0.2, 0.25) is 0 Å². The number of benzene rings is 1. The number of likely N-dealkylation sites (N-methyl/N-ethyl adjacent to an activating group) is 1. The number of imidazole rings is 1. The average molecular weight is 416 g/mol. The van der Waals surface area contributed by atoms with Crippen LogP contribution < -0.4 is 0 Å². The van der Waals surface area contributed by atoms with E-state index in [1.54, 1.807) is 12.1 Å². The van der Waals surface area contributed by atoms with E-state index in [1.165, 1.54) is 18.4 Å². The summed E-state index contributed by atoms with van der Waals surface area (Å²) in [5.74, 6) is 0.949. The van der Waals surface area contributed by atoms with Crippen LogP contribution in [0.15, 0.2) is 47.5 Å². The van der Waals surface area contributed by atoms with Crippen LogP contribution in [0.1, 0.15) is 24.9 Å². The quantitative estimate of drug-likeness (QED) is 0.537. The molecule has 0 aliphatic carbocycles. The van der Waals surface area contributed by atoms with Crippen molar-refractivity contribution in [3.63, 3.8) is 0 Å². The van der Waals surface area contributed by atoms with E-state index in [-0.39, 0.29) is 4.90 Å². The molecule has 0 aliphatic heterocycles. The van der Waals surface area contributed by atoms with E-state index < -0.39 is 10.0 Å². The molecule has 1 aromatic carbocycles. The summed E-state index contributed by atoms with van der Waals surface area (Å²) in [5, 5.41) is 0. The number of fused-ring (bicyclic) bond motifs is 1. The number of aryl methyl sites for hydroxylation is 1. The molecule has 0 saturated heterocycles. The van der Waals surface area contributed by atoms with Gasteiger partial charge in [-0.05, 0) is 43.8 Å². The molecule has 3 rings (SSSR count). The Morgan fingerprint density at radius 1 is 1.10 bits per heavy atom. The molecule has 2 aromatic heterocycles. The zero-order chi connectivity index (χ0) is 21.0. The molecule has 29 heavy (non-hydrogen) atoms. The van der Waals surface area contributed by atoms with Crippen molar-refractivity contribution in [1.29, 1.82) is 0 Å². The number of pyridine rings is 1. The van der Waals surface area contributed by atoms with E-state index in [2.05, 4.69) is 28.4 Å². The van der Waals surface area contributed by atoms with Crippen molar-refractivity contribution in [1.82, 2.24) is 23.7 Å². The maximum Gasteiger partial charge on any atom is 0.242 e. The smallest absolute Gasteiger partial charge is 0.242 e. The van der Waals surface area contributed by atoms with Crippen LogP contribution in [-0.2, 0) is 29.5 Å². The molecule has 0 radical (unpaired) electrons. The van der Waals surface area contributed by atoms with Gasteiger partial charge in [-0.3, -0.25) is 9.88 Å². The molecule has 0 atom stereocenters. The van der Waals surface area contributed by atoms with Crippen molar-refractivity contribution in [3.05, 3.63) is 54.1 Å². The Labute approximate surface area is 173 Å². The van der Waals surface area contributed by atoms with Gasteiger partial charge in [-0.2, -0.15) is 0 Å². The number of hydrogen-bond acceptors (Lipinski definition) is 5. The van der Waals surface area contributed by atoms with Crippen molar-refractivity contribution in [2.45, 2.75) is 37.8 Å². The standard InChI is InChI=1S/C21H29N5O2S/c1-5-13-26-20-10-9-18(29(27,28)24(2)3)15-19(20)23-21(26)16-25(4)14-11-17-8-6-7-12-22-17/h6-10,12,15H,5,11,13-14,16H2,1-4H3. The van der Waals surface area contributed by atoms with E-state index in [1.807, 2.05) is 30.5 Å². The molecule has 0 unspecified atom stereocenters. The van der Waals surface area contributed by atoms with Crippen LogP contribution in [0.5, 0.6) is 0 Å². The van der Waals surface area contributed by atoms with Crippen molar-refractivity contribution < 1.29 is 8.42 Å². The summed E-state index contributed by atoms with van der Waals surface area (Å²) in [6.45, 7) is 4.54. The number of aromatic nitrogens is 3. The fourth-order valence-electron chi connectivity index (χ4n) is 3.30. The lowest BCUT2D eigenvalue weighted by molar-refractivity contribution is 0.316.